The molecule has 0 aliphatic carbocycles. The van der Waals surface area contributed by atoms with Crippen LogP contribution in [0.3, 0.4) is 0 Å². The van der Waals surface area contributed by atoms with Crippen molar-refractivity contribution in [2.24, 2.45) is 17.3 Å². The molecule has 0 fully saturated rings. The van der Waals surface area contributed by atoms with E-state index >= 15 is 0 Å². The first-order valence-electron chi connectivity index (χ1n) is 12.4. The molecule has 36 heavy (non-hydrogen) atoms. The fourth-order valence-electron chi connectivity index (χ4n) is 4.50. The molecule has 5 atom stereocenters. The van der Waals surface area contributed by atoms with Gasteiger partial charge >= 0.3 is 5.97 Å². The van der Waals surface area contributed by atoms with Gasteiger partial charge in [-0.15, -0.1) is 11.3 Å². The van der Waals surface area contributed by atoms with Gasteiger partial charge in [0.05, 0.1) is 40.9 Å². The Labute approximate surface area is 216 Å². The second-order valence-corrected chi connectivity index (χ2v) is 11.5. The molecule has 0 amide bonds. The molecule has 3 N–H and O–H groups in total. The Balaban J connectivity index is 1.95. The minimum atomic E-state index is -1.26. The Bertz CT molecular complexity index is 1150. The van der Waals surface area contributed by atoms with E-state index in [4.69, 9.17) is 4.74 Å². The van der Waals surface area contributed by atoms with Crippen LogP contribution >= 0.6 is 11.3 Å². The van der Waals surface area contributed by atoms with E-state index in [1.165, 1.54) is 11.3 Å². The number of hydrogen-bond acceptors (Lipinski definition) is 8. The average Bonchev–Trinajstić information content (AvgIpc) is 3.26. The third-order valence-electron chi connectivity index (χ3n) is 7.12. The Morgan fingerprint density at radius 1 is 1.17 bits per heavy atom. The van der Waals surface area contributed by atoms with Crippen LogP contribution in [0, 0.1) is 17.3 Å². The maximum atomic E-state index is 13.2. The standard InChI is InChI=1S/C28H37NO6S/c1-16-7-6-8-17(2)26(33)18(3)27(34)28(4,5)23(31)14-25(32)35-21(11-9-16)19-10-12-22-20(13-19)29-24(15-30)36-22/h6-7,9-10,12-13,17-18,21,23,26,30-31,33H,8,11,14-15H2,1-5H3/t17-,18+,21-,23-,26-/m0/s1. The highest BCUT2D eigenvalue weighted by molar-refractivity contribution is 7.18. The number of ketones is 1. The van der Waals surface area contributed by atoms with Gasteiger partial charge in [0, 0.05) is 12.3 Å². The molecular formula is C28H37NO6S. The minimum absolute atomic E-state index is 0.137. The van der Waals surface area contributed by atoms with E-state index in [0.29, 0.717) is 17.8 Å². The van der Waals surface area contributed by atoms with Gasteiger partial charge in [-0.3, -0.25) is 9.59 Å². The van der Waals surface area contributed by atoms with E-state index in [1.807, 2.05) is 50.3 Å². The lowest BCUT2D eigenvalue weighted by Crippen LogP contribution is -2.45. The minimum Gasteiger partial charge on any atom is -0.457 e. The van der Waals surface area contributed by atoms with Crippen LogP contribution in [0.5, 0.6) is 0 Å². The summed E-state index contributed by atoms with van der Waals surface area (Å²) in [6, 6.07) is 5.63. The molecule has 0 saturated heterocycles. The van der Waals surface area contributed by atoms with E-state index < -0.39 is 35.6 Å². The summed E-state index contributed by atoms with van der Waals surface area (Å²) in [5.74, 6) is -1.75. The molecule has 1 aromatic carbocycles. The van der Waals surface area contributed by atoms with Crippen molar-refractivity contribution in [1.82, 2.24) is 4.98 Å². The Morgan fingerprint density at radius 3 is 2.58 bits per heavy atom. The van der Waals surface area contributed by atoms with Crippen LogP contribution in [-0.4, -0.2) is 44.3 Å². The van der Waals surface area contributed by atoms with Crippen molar-refractivity contribution in [2.45, 2.75) is 78.8 Å². The molecule has 1 aliphatic heterocycles. The molecule has 7 nitrogen and oxygen atoms in total. The fraction of sp³-hybridized carbons (Fsp3) is 0.536. The summed E-state index contributed by atoms with van der Waals surface area (Å²) < 4.78 is 6.76. The van der Waals surface area contributed by atoms with Crippen LogP contribution in [0.1, 0.15) is 70.6 Å². The van der Waals surface area contributed by atoms with E-state index in [9.17, 15) is 24.9 Å². The highest BCUT2D eigenvalue weighted by Gasteiger charge is 2.42. The van der Waals surface area contributed by atoms with Crippen LogP contribution < -0.4 is 0 Å². The van der Waals surface area contributed by atoms with Crippen LogP contribution in [0.15, 0.2) is 42.0 Å². The van der Waals surface area contributed by atoms with Crippen molar-refractivity contribution in [1.29, 1.82) is 0 Å². The topological polar surface area (TPSA) is 117 Å². The Hall–Kier alpha value is -2.39. The number of thiazole rings is 1. The molecule has 0 unspecified atom stereocenters. The van der Waals surface area contributed by atoms with Crippen molar-refractivity contribution in [3.63, 3.8) is 0 Å². The van der Waals surface area contributed by atoms with Crippen LogP contribution in [0.25, 0.3) is 10.2 Å². The molecule has 0 bridgehead atoms. The smallest absolute Gasteiger partial charge is 0.309 e. The second kappa shape index (κ2) is 11.8. The predicted molar refractivity (Wildman–Crippen MR) is 140 cm³/mol. The highest BCUT2D eigenvalue weighted by Crippen LogP contribution is 2.33. The number of carbonyl (C=O) groups is 2. The van der Waals surface area contributed by atoms with E-state index in [-0.39, 0.29) is 24.7 Å². The number of cyclic esters (lactones) is 1. The molecule has 196 valence electrons. The van der Waals surface area contributed by atoms with Gasteiger partial charge in [-0.05, 0) is 37.0 Å². The predicted octanol–water partition coefficient (Wildman–Crippen LogP) is 4.65. The quantitative estimate of drug-likeness (QED) is 0.499. The number of nitrogens with zero attached hydrogens (tertiary/aromatic N) is 1. The van der Waals surface area contributed by atoms with Gasteiger partial charge in [-0.1, -0.05) is 57.6 Å². The highest BCUT2D eigenvalue weighted by atomic mass is 32.1. The molecular weight excluding hydrogens is 478 g/mol. The molecule has 2 heterocycles. The van der Waals surface area contributed by atoms with Crippen molar-refractivity contribution in [2.75, 3.05) is 0 Å². The van der Waals surface area contributed by atoms with Gasteiger partial charge in [-0.2, -0.15) is 0 Å². The van der Waals surface area contributed by atoms with Gasteiger partial charge in [0.1, 0.15) is 16.9 Å². The second-order valence-electron chi connectivity index (χ2n) is 10.4. The molecule has 2 aromatic rings. The van der Waals surface area contributed by atoms with Crippen LogP contribution in [0.4, 0.5) is 0 Å². The summed E-state index contributed by atoms with van der Waals surface area (Å²) >= 11 is 1.41. The zero-order valence-corrected chi connectivity index (χ0v) is 22.4. The van der Waals surface area contributed by atoms with Crippen molar-refractivity contribution >= 4 is 33.3 Å². The van der Waals surface area contributed by atoms with Crippen LogP contribution in [-0.2, 0) is 20.9 Å². The molecule has 3 rings (SSSR count). The van der Waals surface area contributed by atoms with Gasteiger partial charge in [0.15, 0.2) is 0 Å². The Kier molecular flexibility index (Phi) is 9.22. The molecule has 0 saturated carbocycles. The maximum Gasteiger partial charge on any atom is 0.309 e. The molecule has 0 radical (unpaired) electrons. The largest absolute Gasteiger partial charge is 0.457 e. The molecule has 0 spiro atoms. The number of carbonyl (C=O) groups excluding carboxylic acids is 2. The average molecular weight is 516 g/mol. The lowest BCUT2D eigenvalue weighted by Gasteiger charge is -2.34. The van der Waals surface area contributed by atoms with Gasteiger partial charge in [0.2, 0.25) is 0 Å². The zero-order valence-electron chi connectivity index (χ0n) is 21.6. The van der Waals surface area contributed by atoms with E-state index in [2.05, 4.69) is 4.98 Å². The van der Waals surface area contributed by atoms with Gasteiger partial charge < -0.3 is 20.1 Å². The number of benzene rings is 1. The van der Waals surface area contributed by atoms with Gasteiger partial charge in [0.25, 0.3) is 0 Å². The monoisotopic (exact) mass is 515 g/mol. The van der Waals surface area contributed by atoms with Crippen molar-refractivity contribution in [3.05, 3.63) is 52.6 Å². The molecule has 8 heteroatoms. The molecule has 1 aliphatic rings. The number of ether oxygens (including phenoxy) is 1. The number of esters is 1. The first-order chi connectivity index (χ1) is 16.9. The number of rotatable bonds is 2. The normalized spacial score (nSPS) is 28.7. The third-order valence-corrected chi connectivity index (χ3v) is 8.14. The number of allylic oxidation sites excluding steroid dienone is 3. The summed E-state index contributed by atoms with van der Waals surface area (Å²) in [7, 11) is 0. The van der Waals surface area contributed by atoms with Crippen molar-refractivity contribution < 1.29 is 29.6 Å². The number of hydrogen-bond donors (Lipinski definition) is 3. The summed E-state index contributed by atoms with van der Waals surface area (Å²) in [6.45, 7) is 8.58. The van der Waals surface area contributed by atoms with E-state index in [1.54, 1.807) is 20.8 Å². The lowest BCUT2D eigenvalue weighted by atomic mass is 9.73. The van der Waals surface area contributed by atoms with E-state index in [0.717, 1.165) is 21.4 Å². The fourth-order valence-corrected chi connectivity index (χ4v) is 5.31. The Morgan fingerprint density at radius 2 is 1.89 bits per heavy atom. The summed E-state index contributed by atoms with van der Waals surface area (Å²) in [4.78, 5) is 30.6. The first-order valence-corrected chi connectivity index (χ1v) is 13.2. The van der Waals surface area contributed by atoms with Crippen molar-refractivity contribution in [3.8, 4) is 0 Å². The molecule has 1 aromatic heterocycles. The number of aliphatic hydroxyl groups is 3. The number of aromatic nitrogens is 1. The number of Topliss-reactive ketones (excluding diaryl/α,β-unsaturated/α-hetero) is 1. The number of fused-ring (bicyclic) bond motifs is 1. The summed E-state index contributed by atoms with van der Waals surface area (Å²) in [5, 5.41) is 31.7. The summed E-state index contributed by atoms with van der Waals surface area (Å²) in [6.07, 6.45) is 3.85. The summed E-state index contributed by atoms with van der Waals surface area (Å²) in [5.41, 5.74) is 1.22. The van der Waals surface area contributed by atoms with Gasteiger partial charge in [-0.25, -0.2) is 4.98 Å². The van der Waals surface area contributed by atoms with Crippen LogP contribution in [0.2, 0.25) is 0 Å². The maximum absolute atomic E-state index is 13.2. The first kappa shape index (κ1) is 28.2. The number of aliphatic hydroxyl groups excluding tert-OH is 3. The zero-order chi connectivity index (χ0) is 26.6. The third kappa shape index (κ3) is 6.48. The SMILES string of the molecule is CC1=CC[C@@H](c2ccc3sc(CO)nc3c2)OC(=O)C[C@H](O)C(C)(C)C(=O)[C@H](C)[C@@H](O)[C@@H](C)CC=C1. The lowest BCUT2D eigenvalue weighted by molar-refractivity contribution is -0.155.